The molecule has 60 valence electrons. The molecule has 0 radical (unpaired) electrons. The largest absolute Gasteiger partial charge is 0.504 e. The number of ether oxygens (including phenoxy) is 1. The van der Waals surface area contributed by atoms with Crippen LogP contribution in [0.25, 0.3) is 0 Å². The second-order valence-electron chi connectivity index (χ2n) is 2.31. The summed E-state index contributed by atoms with van der Waals surface area (Å²) in [6, 6.07) is 0. The van der Waals surface area contributed by atoms with Gasteiger partial charge >= 0.3 is 0 Å². The number of rotatable bonds is 1. The lowest BCUT2D eigenvalue weighted by Gasteiger charge is -2.01. The summed E-state index contributed by atoms with van der Waals surface area (Å²) in [5.41, 5.74) is 0.417. The van der Waals surface area contributed by atoms with Gasteiger partial charge in [0.15, 0.2) is 0 Å². The standard InChI is InChI=1S/C7H9NO3/c1-8-6(9)3-5(4-11-2)7(8)10/h4H,3H2,1-2H3/b5-4-. The van der Waals surface area contributed by atoms with Gasteiger partial charge in [0, 0.05) is 7.05 Å². The van der Waals surface area contributed by atoms with Crippen molar-refractivity contribution < 1.29 is 14.3 Å². The molecule has 0 aromatic heterocycles. The first kappa shape index (κ1) is 7.78. The minimum Gasteiger partial charge on any atom is -0.504 e. The van der Waals surface area contributed by atoms with Crippen LogP contribution in [0.1, 0.15) is 6.42 Å². The highest BCUT2D eigenvalue weighted by Crippen LogP contribution is 2.15. The zero-order valence-corrected chi connectivity index (χ0v) is 6.46. The maximum absolute atomic E-state index is 11.1. The second kappa shape index (κ2) is 2.74. The summed E-state index contributed by atoms with van der Waals surface area (Å²) < 4.78 is 4.63. The van der Waals surface area contributed by atoms with Crippen molar-refractivity contribution in [1.82, 2.24) is 4.90 Å². The fourth-order valence-corrected chi connectivity index (χ4v) is 0.920. The minimum atomic E-state index is -0.267. The number of amides is 2. The van der Waals surface area contributed by atoms with Crippen molar-refractivity contribution >= 4 is 11.8 Å². The molecule has 0 saturated carbocycles. The molecular formula is C7H9NO3. The Morgan fingerprint density at radius 2 is 2.18 bits per heavy atom. The fourth-order valence-electron chi connectivity index (χ4n) is 0.920. The lowest BCUT2D eigenvalue weighted by Crippen LogP contribution is -2.23. The third-order valence-corrected chi connectivity index (χ3v) is 1.56. The van der Waals surface area contributed by atoms with E-state index in [9.17, 15) is 9.59 Å². The van der Waals surface area contributed by atoms with Gasteiger partial charge in [0.25, 0.3) is 5.91 Å². The molecule has 0 aromatic rings. The van der Waals surface area contributed by atoms with Gasteiger partial charge in [-0.3, -0.25) is 14.5 Å². The number of likely N-dealkylation sites (N-methyl/N-ethyl adjacent to an activating group) is 1. The molecule has 1 aliphatic rings. The smallest absolute Gasteiger partial charge is 0.259 e. The van der Waals surface area contributed by atoms with E-state index in [0.717, 1.165) is 4.90 Å². The SMILES string of the molecule is CO/C=C1/CC(=O)N(C)C1=O. The Morgan fingerprint density at radius 1 is 1.55 bits per heavy atom. The first-order valence-corrected chi connectivity index (χ1v) is 3.19. The fraction of sp³-hybridized carbons (Fsp3) is 0.429. The highest BCUT2D eigenvalue weighted by Gasteiger charge is 2.30. The number of likely N-dealkylation sites (tertiary alicyclic amines) is 1. The molecule has 0 N–H and O–H groups in total. The molecule has 2 amide bonds. The van der Waals surface area contributed by atoms with Crippen molar-refractivity contribution in [3.05, 3.63) is 11.8 Å². The Bertz CT molecular complexity index is 232. The van der Waals surface area contributed by atoms with Crippen LogP contribution in [0.5, 0.6) is 0 Å². The zero-order chi connectivity index (χ0) is 8.43. The van der Waals surface area contributed by atoms with Gasteiger partial charge in [-0.05, 0) is 0 Å². The Morgan fingerprint density at radius 3 is 2.55 bits per heavy atom. The average Bonchev–Trinajstić information content (AvgIpc) is 2.19. The molecule has 0 spiro atoms. The van der Waals surface area contributed by atoms with E-state index < -0.39 is 0 Å². The molecule has 0 unspecified atom stereocenters. The van der Waals surface area contributed by atoms with Crippen molar-refractivity contribution in [3.63, 3.8) is 0 Å². The monoisotopic (exact) mass is 155 g/mol. The number of carbonyl (C=O) groups is 2. The molecule has 0 aliphatic carbocycles. The van der Waals surface area contributed by atoms with Crippen LogP contribution < -0.4 is 0 Å². The average molecular weight is 155 g/mol. The molecule has 1 fully saturated rings. The van der Waals surface area contributed by atoms with E-state index in [1.807, 2.05) is 0 Å². The lowest BCUT2D eigenvalue weighted by molar-refractivity contribution is -0.135. The Kier molecular flexibility index (Phi) is 1.94. The summed E-state index contributed by atoms with van der Waals surface area (Å²) in [6.07, 6.45) is 1.47. The molecule has 1 heterocycles. The first-order valence-electron chi connectivity index (χ1n) is 3.19. The summed E-state index contributed by atoms with van der Waals surface area (Å²) in [4.78, 5) is 23.0. The van der Waals surface area contributed by atoms with Gasteiger partial charge in [0.1, 0.15) is 0 Å². The summed E-state index contributed by atoms with van der Waals surface area (Å²) >= 11 is 0. The Balaban J connectivity index is 2.83. The van der Waals surface area contributed by atoms with E-state index in [0.29, 0.717) is 5.57 Å². The van der Waals surface area contributed by atoms with Crippen LogP contribution in [0.4, 0.5) is 0 Å². The van der Waals surface area contributed by atoms with Gasteiger partial charge in [-0.2, -0.15) is 0 Å². The van der Waals surface area contributed by atoms with E-state index in [2.05, 4.69) is 4.74 Å². The topological polar surface area (TPSA) is 46.6 Å². The molecule has 1 saturated heterocycles. The summed E-state index contributed by atoms with van der Waals surface area (Å²) in [5.74, 6) is -0.449. The van der Waals surface area contributed by atoms with Gasteiger partial charge in [0.2, 0.25) is 5.91 Å². The number of carbonyl (C=O) groups excluding carboxylic acids is 2. The van der Waals surface area contributed by atoms with E-state index in [4.69, 9.17) is 0 Å². The van der Waals surface area contributed by atoms with Gasteiger partial charge in [-0.1, -0.05) is 0 Å². The predicted octanol–water partition coefficient (Wildman–Crippen LogP) is -0.0946. The number of imide groups is 1. The van der Waals surface area contributed by atoms with Gasteiger partial charge < -0.3 is 4.74 Å². The number of hydrogen-bond acceptors (Lipinski definition) is 3. The summed E-state index contributed by atoms with van der Waals surface area (Å²) in [7, 11) is 2.91. The van der Waals surface area contributed by atoms with Crippen molar-refractivity contribution in [2.24, 2.45) is 0 Å². The van der Waals surface area contributed by atoms with Crippen LogP contribution >= 0.6 is 0 Å². The molecule has 11 heavy (non-hydrogen) atoms. The molecule has 4 nitrogen and oxygen atoms in total. The van der Waals surface area contributed by atoms with Crippen LogP contribution in [-0.4, -0.2) is 30.9 Å². The Hall–Kier alpha value is -1.32. The second-order valence-corrected chi connectivity index (χ2v) is 2.31. The minimum absolute atomic E-state index is 0.156. The summed E-state index contributed by atoms with van der Waals surface area (Å²) in [5, 5.41) is 0. The van der Waals surface area contributed by atoms with Gasteiger partial charge in [-0.15, -0.1) is 0 Å². The molecule has 1 rings (SSSR count). The van der Waals surface area contributed by atoms with Crippen LogP contribution in [0.15, 0.2) is 11.8 Å². The lowest BCUT2D eigenvalue weighted by atomic mass is 10.2. The molecule has 4 heteroatoms. The maximum atomic E-state index is 11.1. The van der Waals surface area contributed by atoms with Crippen LogP contribution in [0, 0.1) is 0 Å². The number of methoxy groups -OCH3 is 1. The number of nitrogens with zero attached hydrogens (tertiary/aromatic N) is 1. The van der Waals surface area contributed by atoms with Crippen molar-refractivity contribution in [2.75, 3.05) is 14.2 Å². The predicted molar refractivity (Wildman–Crippen MR) is 37.5 cm³/mol. The highest BCUT2D eigenvalue weighted by atomic mass is 16.5. The summed E-state index contributed by atoms with van der Waals surface area (Å²) in [6.45, 7) is 0. The molecule has 0 bridgehead atoms. The third-order valence-electron chi connectivity index (χ3n) is 1.56. The van der Waals surface area contributed by atoms with E-state index in [1.54, 1.807) is 0 Å². The quantitative estimate of drug-likeness (QED) is 0.302. The zero-order valence-electron chi connectivity index (χ0n) is 6.46. The first-order chi connectivity index (χ1) is 5.16. The van der Waals surface area contributed by atoms with Gasteiger partial charge in [0.05, 0.1) is 25.4 Å². The molecular weight excluding hydrogens is 146 g/mol. The normalized spacial score (nSPS) is 21.6. The van der Waals surface area contributed by atoms with Crippen LogP contribution in [0.2, 0.25) is 0 Å². The van der Waals surface area contributed by atoms with Crippen LogP contribution in [0.3, 0.4) is 0 Å². The molecule has 0 aromatic carbocycles. The molecule has 1 aliphatic heterocycles. The number of hydrogen-bond donors (Lipinski definition) is 0. The van der Waals surface area contributed by atoms with Gasteiger partial charge in [-0.25, -0.2) is 0 Å². The van der Waals surface area contributed by atoms with Crippen LogP contribution in [-0.2, 0) is 14.3 Å². The van der Waals surface area contributed by atoms with E-state index >= 15 is 0 Å². The highest BCUT2D eigenvalue weighted by molar-refractivity contribution is 6.12. The van der Waals surface area contributed by atoms with E-state index in [1.165, 1.54) is 20.4 Å². The van der Waals surface area contributed by atoms with Crippen molar-refractivity contribution in [3.8, 4) is 0 Å². The van der Waals surface area contributed by atoms with E-state index in [-0.39, 0.29) is 18.2 Å². The van der Waals surface area contributed by atoms with Crippen molar-refractivity contribution in [1.29, 1.82) is 0 Å². The Labute approximate surface area is 64.4 Å². The molecule has 0 atom stereocenters. The van der Waals surface area contributed by atoms with Crippen molar-refractivity contribution in [2.45, 2.75) is 6.42 Å². The maximum Gasteiger partial charge on any atom is 0.259 e. The third kappa shape index (κ3) is 1.24.